The van der Waals surface area contributed by atoms with E-state index < -0.39 is 11.6 Å². The molecule has 3 rings (SSSR count). The Kier molecular flexibility index (Phi) is 7.59. The second-order valence-corrected chi connectivity index (χ2v) is 11.3. The molecule has 1 atom stereocenters. The highest BCUT2D eigenvalue weighted by atomic mass is 32.2. The van der Waals surface area contributed by atoms with Crippen molar-refractivity contribution in [3.05, 3.63) is 69.6 Å². The molecule has 0 amide bonds. The Morgan fingerprint density at radius 3 is 2.42 bits per heavy atom. The van der Waals surface area contributed by atoms with E-state index in [1.807, 2.05) is 45.0 Å². The summed E-state index contributed by atoms with van der Waals surface area (Å²) in [5.74, 6) is -0.340. The van der Waals surface area contributed by atoms with Gasteiger partial charge in [0.25, 0.3) is 0 Å². The summed E-state index contributed by atoms with van der Waals surface area (Å²) in [6.07, 6.45) is 5.17. The highest BCUT2D eigenvalue weighted by Gasteiger charge is 2.44. The number of hydrogen-bond donors (Lipinski definition) is 2. The average molecular weight is 470 g/mol. The predicted octanol–water partition coefficient (Wildman–Crippen LogP) is 6.02. The average Bonchev–Trinajstić information content (AvgIpc) is 2.74. The number of cyclic esters (lactones) is 1. The molecule has 2 aromatic rings. The first-order valence-electron chi connectivity index (χ1n) is 11.4. The highest BCUT2D eigenvalue weighted by Crippen LogP contribution is 2.45. The van der Waals surface area contributed by atoms with E-state index in [-0.39, 0.29) is 28.6 Å². The Morgan fingerprint density at radius 2 is 1.88 bits per heavy atom. The van der Waals surface area contributed by atoms with Crippen LogP contribution in [0.4, 0.5) is 0 Å². The molecule has 1 aliphatic heterocycles. The molecule has 0 bridgehead atoms. The van der Waals surface area contributed by atoms with Crippen molar-refractivity contribution in [1.82, 2.24) is 4.98 Å². The summed E-state index contributed by atoms with van der Waals surface area (Å²) in [6, 6.07) is 7.90. The maximum Gasteiger partial charge on any atom is 0.349 e. The third-order valence-electron chi connectivity index (χ3n) is 6.48. The molecule has 0 saturated carbocycles. The van der Waals surface area contributed by atoms with Crippen molar-refractivity contribution in [2.75, 3.05) is 0 Å². The maximum atomic E-state index is 13.2. The van der Waals surface area contributed by atoms with Gasteiger partial charge in [-0.15, -0.1) is 0 Å². The lowest BCUT2D eigenvalue weighted by molar-refractivity contribution is -0.164. The lowest BCUT2D eigenvalue weighted by Gasteiger charge is -2.40. The van der Waals surface area contributed by atoms with Gasteiger partial charge in [0.2, 0.25) is 0 Å². The largest absolute Gasteiger partial charge is 0.511 e. The Bertz CT molecular complexity index is 1040. The second kappa shape index (κ2) is 9.90. The Balaban J connectivity index is 1.92. The number of carbonyl (C=O) groups excluding carboxylic acids is 1. The number of hydrogen-bond acceptors (Lipinski definition) is 6. The first-order chi connectivity index (χ1) is 15.5. The van der Waals surface area contributed by atoms with Crippen LogP contribution in [-0.2, 0) is 28.0 Å². The lowest BCUT2D eigenvalue weighted by Crippen LogP contribution is -2.44. The lowest BCUT2D eigenvalue weighted by atomic mass is 9.80. The second-order valence-electron chi connectivity index (χ2n) is 10.2. The Morgan fingerprint density at radius 1 is 1.21 bits per heavy atom. The van der Waals surface area contributed by atoms with Gasteiger partial charge in [0.15, 0.2) is 0 Å². The van der Waals surface area contributed by atoms with Crippen molar-refractivity contribution in [3.8, 4) is 0 Å². The molecule has 0 aliphatic carbocycles. The number of aromatic nitrogens is 1. The van der Waals surface area contributed by atoms with Crippen LogP contribution >= 0.6 is 11.8 Å². The summed E-state index contributed by atoms with van der Waals surface area (Å²) in [5, 5.41) is 20.8. The van der Waals surface area contributed by atoms with E-state index in [0.29, 0.717) is 12.8 Å². The maximum absolute atomic E-state index is 13.2. The summed E-state index contributed by atoms with van der Waals surface area (Å²) < 4.78 is 6.08. The number of aliphatic hydroxyl groups is 2. The number of esters is 1. The molecule has 1 unspecified atom stereocenters. The molecule has 2 heterocycles. The smallest absolute Gasteiger partial charge is 0.349 e. The number of pyridine rings is 1. The van der Waals surface area contributed by atoms with Gasteiger partial charge in [0, 0.05) is 23.7 Å². The molecule has 1 aromatic heterocycles. The van der Waals surface area contributed by atoms with Crippen LogP contribution < -0.4 is 0 Å². The highest BCUT2D eigenvalue weighted by molar-refractivity contribution is 8.04. The van der Waals surface area contributed by atoms with E-state index in [9.17, 15) is 15.0 Å². The van der Waals surface area contributed by atoms with Crippen LogP contribution in [0.1, 0.15) is 69.7 Å². The molecule has 0 spiro atoms. The molecule has 0 fully saturated rings. The Hall–Kier alpha value is -2.31. The van der Waals surface area contributed by atoms with Gasteiger partial charge in [-0.05, 0) is 71.6 Å². The van der Waals surface area contributed by atoms with Crippen molar-refractivity contribution in [2.45, 2.75) is 83.3 Å². The van der Waals surface area contributed by atoms with Crippen LogP contribution in [0.3, 0.4) is 0 Å². The van der Waals surface area contributed by atoms with E-state index in [0.717, 1.165) is 33.6 Å². The van der Waals surface area contributed by atoms with Gasteiger partial charge in [0.05, 0.1) is 6.61 Å². The van der Waals surface area contributed by atoms with Crippen LogP contribution in [-0.4, -0.2) is 26.8 Å². The summed E-state index contributed by atoms with van der Waals surface area (Å²) in [7, 11) is 0. The van der Waals surface area contributed by atoms with Gasteiger partial charge in [-0.25, -0.2) is 4.79 Å². The minimum atomic E-state index is -0.752. The molecule has 33 heavy (non-hydrogen) atoms. The molecule has 0 radical (unpaired) electrons. The zero-order valence-corrected chi connectivity index (χ0v) is 21.3. The molecule has 1 aromatic carbocycles. The zero-order valence-electron chi connectivity index (χ0n) is 20.4. The summed E-state index contributed by atoms with van der Waals surface area (Å²) in [6.45, 7) is 12.3. The van der Waals surface area contributed by atoms with Crippen LogP contribution in [0, 0.1) is 12.8 Å². The molecule has 2 N–H and O–H groups in total. The molecule has 178 valence electrons. The summed E-state index contributed by atoms with van der Waals surface area (Å²) in [5.41, 5.74) is 3.02. The van der Waals surface area contributed by atoms with Crippen LogP contribution in [0.5, 0.6) is 0 Å². The number of aryl methyl sites for hydroxylation is 2. The zero-order chi connectivity index (χ0) is 24.4. The number of aliphatic hydroxyl groups excluding tert-OH is 2. The quantitative estimate of drug-likeness (QED) is 0.483. The van der Waals surface area contributed by atoms with Gasteiger partial charge < -0.3 is 14.9 Å². The van der Waals surface area contributed by atoms with Gasteiger partial charge in [-0.3, -0.25) is 4.98 Å². The van der Waals surface area contributed by atoms with Gasteiger partial charge in [0.1, 0.15) is 16.3 Å². The number of rotatable bonds is 7. The molecular formula is C27H35NO4S. The topological polar surface area (TPSA) is 79.7 Å². The number of benzene rings is 1. The van der Waals surface area contributed by atoms with Crippen molar-refractivity contribution in [2.24, 2.45) is 5.92 Å². The number of ether oxygens (including phenoxy) is 1. The third kappa shape index (κ3) is 5.61. The minimum Gasteiger partial charge on any atom is -0.511 e. The number of thioether (sulfide) groups is 1. The van der Waals surface area contributed by atoms with E-state index in [2.05, 4.69) is 25.8 Å². The predicted molar refractivity (Wildman–Crippen MR) is 132 cm³/mol. The summed E-state index contributed by atoms with van der Waals surface area (Å²) >= 11 is 1.26. The van der Waals surface area contributed by atoms with Gasteiger partial charge >= 0.3 is 5.97 Å². The molecule has 6 heteroatoms. The fourth-order valence-electron chi connectivity index (χ4n) is 4.18. The van der Waals surface area contributed by atoms with Crippen molar-refractivity contribution in [1.29, 1.82) is 0 Å². The van der Waals surface area contributed by atoms with E-state index in [4.69, 9.17) is 4.74 Å². The van der Waals surface area contributed by atoms with Crippen LogP contribution in [0.15, 0.2) is 52.2 Å². The normalized spacial score (nSPS) is 19.2. The molecule has 5 nitrogen and oxygen atoms in total. The van der Waals surface area contributed by atoms with E-state index >= 15 is 0 Å². The van der Waals surface area contributed by atoms with Crippen LogP contribution in [0.25, 0.3) is 0 Å². The third-order valence-corrected chi connectivity index (χ3v) is 7.64. The van der Waals surface area contributed by atoms with Gasteiger partial charge in [-0.1, -0.05) is 52.4 Å². The fourth-order valence-corrected chi connectivity index (χ4v) is 5.43. The number of carbonyl (C=O) groups is 1. The first-order valence-corrected chi connectivity index (χ1v) is 12.3. The SMILES string of the molecule is Cc1cc(SC2=C(O)CC(CCc3ccncc3)(C(C)C)OC2=O)c(C(C)(C)C)cc1CO. The van der Waals surface area contributed by atoms with Gasteiger partial charge in [-0.2, -0.15) is 0 Å². The standard InChI is InChI=1S/C27H35NO4S/c1-17(2)27(10-7-19-8-11-28-12-9-19)15-22(30)24(25(31)32-27)33-23-13-18(3)20(16-29)14-21(23)26(4,5)6/h8-9,11-14,17,29-30H,7,10,15-16H2,1-6H3. The van der Waals surface area contributed by atoms with E-state index in [1.54, 1.807) is 12.4 Å². The minimum absolute atomic E-state index is 0.0375. The monoisotopic (exact) mass is 469 g/mol. The first kappa shape index (κ1) is 25.3. The fraction of sp³-hybridized carbons (Fsp3) is 0.481. The van der Waals surface area contributed by atoms with Crippen molar-refractivity contribution >= 4 is 17.7 Å². The van der Waals surface area contributed by atoms with E-state index in [1.165, 1.54) is 11.8 Å². The number of nitrogens with zero attached hydrogens (tertiary/aromatic N) is 1. The Labute approximate surface area is 201 Å². The summed E-state index contributed by atoms with van der Waals surface area (Å²) in [4.78, 5) is 18.4. The molecule has 1 aliphatic rings. The molecule has 0 saturated heterocycles. The van der Waals surface area contributed by atoms with Crippen molar-refractivity contribution < 1.29 is 19.7 Å². The molecular weight excluding hydrogens is 434 g/mol. The van der Waals surface area contributed by atoms with Crippen molar-refractivity contribution in [3.63, 3.8) is 0 Å². The van der Waals surface area contributed by atoms with Crippen LogP contribution in [0.2, 0.25) is 0 Å².